The molecule has 3 nitrogen and oxygen atoms in total. The van der Waals surface area contributed by atoms with Crippen molar-refractivity contribution in [1.29, 1.82) is 0 Å². The molecule has 0 aliphatic heterocycles. The third-order valence-corrected chi connectivity index (χ3v) is 2.69. The summed E-state index contributed by atoms with van der Waals surface area (Å²) in [5, 5.41) is 8.54. The predicted molar refractivity (Wildman–Crippen MR) is 68.3 cm³/mol. The standard InChI is InChI=1S/C12H17BrFNO2/c1-15(2-4-17-5-3-16)9-10-6-11(13)8-12(14)7-10/h6-8,16H,2-5,9H2,1H3. The Morgan fingerprint density at radius 2 is 2.12 bits per heavy atom. The molecule has 0 amide bonds. The normalized spacial score (nSPS) is 11.1. The van der Waals surface area contributed by atoms with E-state index in [1.165, 1.54) is 12.1 Å². The van der Waals surface area contributed by atoms with E-state index in [0.29, 0.717) is 19.8 Å². The fraction of sp³-hybridized carbons (Fsp3) is 0.500. The van der Waals surface area contributed by atoms with Crippen LogP contribution in [0.15, 0.2) is 22.7 Å². The molecule has 0 heterocycles. The molecule has 0 saturated carbocycles. The number of aliphatic hydroxyl groups is 1. The zero-order valence-corrected chi connectivity index (χ0v) is 11.4. The van der Waals surface area contributed by atoms with Gasteiger partial charge in [0.15, 0.2) is 0 Å². The molecule has 0 spiro atoms. The lowest BCUT2D eigenvalue weighted by atomic mass is 10.2. The molecule has 0 aromatic heterocycles. The van der Waals surface area contributed by atoms with Crippen molar-refractivity contribution in [1.82, 2.24) is 4.90 Å². The summed E-state index contributed by atoms with van der Waals surface area (Å²) in [6.45, 7) is 2.38. The largest absolute Gasteiger partial charge is 0.394 e. The highest BCUT2D eigenvalue weighted by Gasteiger charge is 2.03. The zero-order valence-electron chi connectivity index (χ0n) is 9.83. The lowest BCUT2D eigenvalue weighted by Crippen LogP contribution is -2.23. The number of likely N-dealkylation sites (N-methyl/N-ethyl adjacent to an activating group) is 1. The van der Waals surface area contributed by atoms with E-state index in [9.17, 15) is 4.39 Å². The molecule has 0 atom stereocenters. The second kappa shape index (κ2) is 7.76. The van der Waals surface area contributed by atoms with Gasteiger partial charge in [-0.2, -0.15) is 0 Å². The van der Waals surface area contributed by atoms with E-state index in [1.807, 2.05) is 18.0 Å². The number of hydrogen-bond donors (Lipinski definition) is 1. The highest BCUT2D eigenvalue weighted by atomic mass is 79.9. The van der Waals surface area contributed by atoms with Gasteiger partial charge in [0.2, 0.25) is 0 Å². The van der Waals surface area contributed by atoms with E-state index in [0.717, 1.165) is 16.6 Å². The number of ether oxygens (including phenoxy) is 1. The molecule has 96 valence electrons. The van der Waals surface area contributed by atoms with E-state index >= 15 is 0 Å². The minimum Gasteiger partial charge on any atom is -0.394 e. The summed E-state index contributed by atoms with van der Waals surface area (Å²) in [7, 11) is 1.95. The molecular weight excluding hydrogens is 289 g/mol. The van der Waals surface area contributed by atoms with Crippen molar-refractivity contribution in [3.8, 4) is 0 Å². The lowest BCUT2D eigenvalue weighted by Gasteiger charge is -2.16. The fourth-order valence-electron chi connectivity index (χ4n) is 1.48. The maximum Gasteiger partial charge on any atom is 0.124 e. The first kappa shape index (κ1) is 14.6. The van der Waals surface area contributed by atoms with Gasteiger partial charge in [0.1, 0.15) is 5.82 Å². The second-order valence-corrected chi connectivity index (χ2v) is 4.77. The van der Waals surface area contributed by atoms with Gasteiger partial charge in [0.05, 0.1) is 19.8 Å². The van der Waals surface area contributed by atoms with Gasteiger partial charge >= 0.3 is 0 Å². The fourth-order valence-corrected chi connectivity index (χ4v) is 1.99. The van der Waals surface area contributed by atoms with Crippen molar-refractivity contribution in [2.75, 3.05) is 33.4 Å². The molecule has 0 bridgehead atoms. The van der Waals surface area contributed by atoms with Gasteiger partial charge in [-0.15, -0.1) is 0 Å². The highest BCUT2D eigenvalue weighted by molar-refractivity contribution is 9.10. The minimum absolute atomic E-state index is 0.0422. The van der Waals surface area contributed by atoms with Crippen molar-refractivity contribution in [3.63, 3.8) is 0 Å². The summed E-state index contributed by atoms with van der Waals surface area (Å²) < 4.78 is 19.0. The number of rotatable bonds is 7. The smallest absolute Gasteiger partial charge is 0.124 e. The Labute approximate surface area is 109 Å². The lowest BCUT2D eigenvalue weighted by molar-refractivity contribution is 0.0773. The Kier molecular flexibility index (Phi) is 6.65. The van der Waals surface area contributed by atoms with Crippen molar-refractivity contribution >= 4 is 15.9 Å². The van der Waals surface area contributed by atoms with Crippen molar-refractivity contribution in [2.45, 2.75) is 6.54 Å². The summed E-state index contributed by atoms with van der Waals surface area (Å²) in [6, 6.07) is 4.86. The Morgan fingerprint density at radius 1 is 1.35 bits per heavy atom. The molecule has 0 aliphatic carbocycles. The van der Waals surface area contributed by atoms with Crippen molar-refractivity contribution in [3.05, 3.63) is 34.1 Å². The van der Waals surface area contributed by atoms with Crippen molar-refractivity contribution in [2.24, 2.45) is 0 Å². The maximum absolute atomic E-state index is 13.1. The molecule has 0 saturated heterocycles. The average Bonchev–Trinajstić information content (AvgIpc) is 2.23. The molecule has 1 rings (SSSR count). The van der Waals surface area contributed by atoms with Crippen LogP contribution < -0.4 is 0 Å². The molecule has 0 fully saturated rings. The first-order valence-electron chi connectivity index (χ1n) is 5.44. The predicted octanol–water partition coefficient (Wildman–Crippen LogP) is 2.03. The van der Waals surface area contributed by atoms with Crippen LogP contribution in [-0.4, -0.2) is 43.4 Å². The van der Waals surface area contributed by atoms with Crippen LogP contribution in [0.2, 0.25) is 0 Å². The number of nitrogens with zero attached hydrogens (tertiary/aromatic N) is 1. The van der Waals surface area contributed by atoms with Crippen LogP contribution >= 0.6 is 15.9 Å². The van der Waals surface area contributed by atoms with E-state index in [4.69, 9.17) is 9.84 Å². The topological polar surface area (TPSA) is 32.7 Å². The monoisotopic (exact) mass is 305 g/mol. The highest BCUT2D eigenvalue weighted by Crippen LogP contribution is 2.15. The van der Waals surface area contributed by atoms with Crippen LogP contribution in [0, 0.1) is 5.82 Å². The van der Waals surface area contributed by atoms with Crippen molar-refractivity contribution < 1.29 is 14.2 Å². The number of aliphatic hydroxyl groups excluding tert-OH is 1. The Balaban J connectivity index is 2.36. The summed E-state index contributed by atoms with van der Waals surface area (Å²) in [5.41, 5.74) is 0.918. The molecule has 0 aliphatic rings. The zero-order chi connectivity index (χ0) is 12.7. The SMILES string of the molecule is CN(CCOCCO)Cc1cc(F)cc(Br)c1. The summed E-state index contributed by atoms with van der Waals surface area (Å²) in [5.74, 6) is -0.237. The summed E-state index contributed by atoms with van der Waals surface area (Å²) in [6.07, 6.45) is 0. The van der Waals surface area contributed by atoms with Crippen LogP contribution in [-0.2, 0) is 11.3 Å². The second-order valence-electron chi connectivity index (χ2n) is 3.85. The van der Waals surface area contributed by atoms with Crippen LogP contribution in [0.5, 0.6) is 0 Å². The molecule has 5 heteroatoms. The van der Waals surface area contributed by atoms with E-state index in [-0.39, 0.29) is 12.4 Å². The van der Waals surface area contributed by atoms with Gasteiger partial charge in [0, 0.05) is 17.6 Å². The Morgan fingerprint density at radius 3 is 2.76 bits per heavy atom. The summed E-state index contributed by atoms with van der Waals surface area (Å²) >= 11 is 3.27. The van der Waals surface area contributed by atoms with E-state index in [1.54, 1.807) is 0 Å². The van der Waals surface area contributed by atoms with E-state index < -0.39 is 0 Å². The van der Waals surface area contributed by atoms with Crippen LogP contribution in [0.1, 0.15) is 5.56 Å². The van der Waals surface area contributed by atoms with Crippen LogP contribution in [0.4, 0.5) is 4.39 Å². The van der Waals surface area contributed by atoms with Crippen LogP contribution in [0.25, 0.3) is 0 Å². The molecular formula is C12H17BrFNO2. The maximum atomic E-state index is 13.1. The van der Waals surface area contributed by atoms with Gasteiger partial charge in [0.25, 0.3) is 0 Å². The third kappa shape index (κ3) is 6.12. The first-order valence-corrected chi connectivity index (χ1v) is 6.23. The molecule has 0 radical (unpaired) electrons. The quantitative estimate of drug-likeness (QED) is 0.783. The minimum atomic E-state index is -0.237. The average molecular weight is 306 g/mol. The summed E-state index contributed by atoms with van der Waals surface area (Å²) in [4.78, 5) is 2.04. The van der Waals surface area contributed by atoms with E-state index in [2.05, 4.69) is 15.9 Å². The van der Waals surface area contributed by atoms with Gasteiger partial charge in [-0.1, -0.05) is 15.9 Å². The number of halogens is 2. The van der Waals surface area contributed by atoms with Gasteiger partial charge < -0.3 is 9.84 Å². The third-order valence-electron chi connectivity index (χ3n) is 2.23. The Bertz CT molecular complexity index is 329. The molecule has 17 heavy (non-hydrogen) atoms. The molecule has 1 aromatic rings. The Hall–Kier alpha value is -0.490. The number of benzene rings is 1. The molecule has 1 aromatic carbocycles. The van der Waals surface area contributed by atoms with Gasteiger partial charge in [-0.3, -0.25) is 4.90 Å². The molecule has 0 unspecified atom stereocenters. The number of hydrogen-bond acceptors (Lipinski definition) is 3. The van der Waals surface area contributed by atoms with Crippen LogP contribution in [0.3, 0.4) is 0 Å². The molecule has 1 N–H and O–H groups in total. The first-order chi connectivity index (χ1) is 8.11. The van der Waals surface area contributed by atoms with Gasteiger partial charge in [-0.25, -0.2) is 4.39 Å². The van der Waals surface area contributed by atoms with Gasteiger partial charge in [-0.05, 0) is 30.8 Å².